The minimum Gasteiger partial charge on any atom is -0.456 e. The summed E-state index contributed by atoms with van der Waals surface area (Å²) in [5, 5.41) is 1.35. The van der Waals surface area contributed by atoms with Crippen LogP contribution >= 0.6 is 0 Å². The van der Waals surface area contributed by atoms with Gasteiger partial charge in [0.15, 0.2) is 0 Å². The Kier molecular flexibility index (Phi) is 3.57. The lowest BCUT2D eigenvalue weighted by molar-refractivity contribution is -0.148. The summed E-state index contributed by atoms with van der Waals surface area (Å²) < 4.78 is 14.1. The van der Waals surface area contributed by atoms with E-state index in [0.717, 1.165) is 38.8 Å². The van der Waals surface area contributed by atoms with Gasteiger partial charge in [-0.25, -0.2) is 0 Å². The van der Waals surface area contributed by atoms with Crippen molar-refractivity contribution in [2.45, 2.75) is 38.0 Å². The predicted octanol–water partition coefficient (Wildman–Crippen LogP) is 3.30. The Labute approximate surface area is 137 Å². The number of rotatable bonds is 4. The first kappa shape index (κ1) is 14.6. The van der Waals surface area contributed by atoms with E-state index < -0.39 is 5.79 Å². The molecule has 1 aliphatic carbocycles. The van der Waals surface area contributed by atoms with E-state index in [0.29, 0.717) is 0 Å². The highest BCUT2D eigenvalue weighted by molar-refractivity contribution is 5.86. The molecule has 0 N–H and O–H groups in total. The lowest BCUT2D eigenvalue weighted by atomic mass is 9.90. The van der Waals surface area contributed by atoms with E-state index >= 15 is 0 Å². The molecule has 1 aliphatic heterocycles. The van der Waals surface area contributed by atoms with E-state index in [4.69, 9.17) is 9.47 Å². The fraction of sp³-hybridized carbons (Fsp3) is 0.474. The van der Waals surface area contributed by atoms with Crippen LogP contribution in [0.2, 0.25) is 0 Å². The SMILES string of the molecule is CN(C)CCCn1c2c(c3ccccc31)CC1(CC2)OC=CO1. The smallest absolute Gasteiger partial charge is 0.254 e. The first-order valence-corrected chi connectivity index (χ1v) is 8.43. The van der Waals surface area contributed by atoms with Crippen LogP contribution in [-0.4, -0.2) is 35.9 Å². The first-order valence-electron chi connectivity index (χ1n) is 8.43. The molecule has 0 radical (unpaired) electrons. The Morgan fingerprint density at radius 3 is 2.74 bits per heavy atom. The molecule has 0 saturated carbocycles. The maximum absolute atomic E-state index is 5.79. The van der Waals surface area contributed by atoms with Gasteiger partial charge in [0, 0.05) is 29.6 Å². The van der Waals surface area contributed by atoms with Gasteiger partial charge in [-0.2, -0.15) is 0 Å². The molecule has 4 rings (SSSR count). The van der Waals surface area contributed by atoms with Gasteiger partial charge >= 0.3 is 0 Å². The zero-order chi connectivity index (χ0) is 15.9. The molecule has 0 unspecified atom stereocenters. The van der Waals surface area contributed by atoms with Crippen LogP contribution in [0.1, 0.15) is 24.1 Å². The maximum Gasteiger partial charge on any atom is 0.254 e. The number of nitrogens with zero attached hydrogens (tertiary/aromatic N) is 2. The molecule has 4 nitrogen and oxygen atoms in total. The van der Waals surface area contributed by atoms with Gasteiger partial charge in [0.05, 0.1) is 6.42 Å². The molecule has 0 atom stereocenters. The first-order chi connectivity index (χ1) is 11.2. The largest absolute Gasteiger partial charge is 0.456 e. The van der Waals surface area contributed by atoms with Gasteiger partial charge in [0.2, 0.25) is 0 Å². The number of ether oxygens (including phenoxy) is 2. The highest BCUT2D eigenvalue weighted by Crippen LogP contribution is 2.40. The van der Waals surface area contributed by atoms with Crippen molar-refractivity contribution in [2.24, 2.45) is 0 Å². The number of benzene rings is 1. The Hall–Kier alpha value is -1.94. The van der Waals surface area contributed by atoms with Gasteiger partial charge in [0.1, 0.15) is 12.5 Å². The topological polar surface area (TPSA) is 26.6 Å². The van der Waals surface area contributed by atoms with E-state index in [2.05, 4.69) is 47.8 Å². The normalized spacial score (nSPS) is 18.4. The number of hydrogen-bond acceptors (Lipinski definition) is 3. The summed E-state index contributed by atoms with van der Waals surface area (Å²) in [4.78, 5) is 2.25. The van der Waals surface area contributed by atoms with Crippen LogP contribution in [0.3, 0.4) is 0 Å². The molecule has 4 heteroatoms. The van der Waals surface area contributed by atoms with Crippen LogP contribution in [0.4, 0.5) is 0 Å². The van der Waals surface area contributed by atoms with E-state index in [9.17, 15) is 0 Å². The molecule has 1 spiro atoms. The third kappa shape index (κ3) is 2.51. The van der Waals surface area contributed by atoms with Crippen LogP contribution < -0.4 is 0 Å². The second-order valence-corrected chi connectivity index (χ2v) is 6.85. The zero-order valence-corrected chi connectivity index (χ0v) is 13.9. The molecule has 2 aliphatic rings. The number of aryl methyl sites for hydroxylation is 1. The molecule has 0 amide bonds. The summed E-state index contributed by atoms with van der Waals surface area (Å²) in [5.74, 6) is -0.467. The molecule has 122 valence electrons. The molecule has 0 bridgehead atoms. The molecule has 0 fully saturated rings. The minimum absolute atomic E-state index is 0.467. The van der Waals surface area contributed by atoms with E-state index in [1.807, 2.05) is 0 Å². The summed E-state index contributed by atoms with van der Waals surface area (Å²) in [6.45, 7) is 2.18. The molecular weight excluding hydrogens is 288 g/mol. The molecule has 2 heterocycles. The van der Waals surface area contributed by atoms with Crippen molar-refractivity contribution in [2.75, 3.05) is 20.6 Å². The van der Waals surface area contributed by atoms with Gasteiger partial charge in [0.25, 0.3) is 5.79 Å². The number of hydrogen-bond donors (Lipinski definition) is 0. The second kappa shape index (κ2) is 5.60. The Balaban J connectivity index is 1.71. The fourth-order valence-corrected chi connectivity index (χ4v) is 3.91. The van der Waals surface area contributed by atoms with Crippen molar-refractivity contribution < 1.29 is 9.47 Å². The molecule has 2 aromatic rings. The van der Waals surface area contributed by atoms with Crippen LogP contribution in [0.25, 0.3) is 10.9 Å². The van der Waals surface area contributed by atoms with Gasteiger partial charge in [-0.15, -0.1) is 0 Å². The van der Waals surface area contributed by atoms with E-state index in [1.165, 1.54) is 22.2 Å². The third-order valence-electron chi connectivity index (χ3n) is 4.99. The van der Waals surface area contributed by atoms with E-state index in [-0.39, 0.29) is 0 Å². The summed E-state index contributed by atoms with van der Waals surface area (Å²) in [7, 11) is 4.27. The Morgan fingerprint density at radius 2 is 1.96 bits per heavy atom. The van der Waals surface area contributed by atoms with E-state index in [1.54, 1.807) is 12.5 Å². The molecular formula is C19H24N2O2. The Morgan fingerprint density at radius 1 is 1.17 bits per heavy atom. The number of fused-ring (bicyclic) bond motifs is 3. The lowest BCUT2D eigenvalue weighted by Crippen LogP contribution is -2.37. The number of aromatic nitrogens is 1. The van der Waals surface area contributed by atoms with Crippen molar-refractivity contribution in [3.05, 3.63) is 48.0 Å². The van der Waals surface area contributed by atoms with Crippen molar-refractivity contribution in [1.29, 1.82) is 0 Å². The van der Waals surface area contributed by atoms with Gasteiger partial charge in [-0.3, -0.25) is 0 Å². The van der Waals surface area contributed by atoms with Crippen molar-refractivity contribution >= 4 is 10.9 Å². The van der Waals surface area contributed by atoms with Crippen molar-refractivity contribution in [3.63, 3.8) is 0 Å². The van der Waals surface area contributed by atoms with Crippen LogP contribution in [0.15, 0.2) is 36.8 Å². The molecule has 1 aromatic heterocycles. The number of para-hydroxylation sites is 1. The fourth-order valence-electron chi connectivity index (χ4n) is 3.91. The average Bonchev–Trinajstić information content (AvgIpc) is 3.11. The maximum atomic E-state index is 5.79. The summed E-state index contributed by atoms with van der Waals surface area (Å²) in [5.41, 5.74) is 4.22. The van der Waals surface area contributed by atoms with Crippen molar-refractivity contribution in [1.82, 2.24) is 9.47 Å². The summed E-state index contributed by atoms with van der Waals surface area (Å²) in [6, 6.07) is 8.74. The zero-order valence-electron chi connectivity index (χ0n) is 13.9. The molecule has 23 heavy (non-hydrogen) atoms. The predicted molar refractivity (Wildman–Crippen MR) is 91.2 cm³/mol. The minimum atomic E-state index is -0.467. The van der Waals surface area contributed by atoms with Gasteiger partial charge in [-0.05, 0) is 45.1 Å². The highest BCUT2D eigenvalue weighted by atomic mass is 16.7. The standard InChI is InChI=1S/C19H24N2O2/c1-20(2)10-5-11-21-17-7-4-3-6-15(17)16-14-19(9-8-18(16)21)22-12-13-23-19/h3-4,6-7,12-13H,5,8-11,14H2,1-2H3. The van der Waals surface area contributed by atoms with Gasteiger partial charge in [-0.1, -0.05) is 18.2 Å². The van der Waals surface area contributed by atoms with Crippen LogP contribution in [-0.2, 0) is 28.9 Å². The molecule has 1 aromatic carbocycles. The van der Waals surface area contributed by atoms with Crippen LogP contribution in [0.5, 0.6) is 0 Å². The highest BCUT2D eigenvalue weighted by Gasteiger charge is 2.41. The monoisotopic (exact) mass is 312 g/mol. The molecule has 0 saturated heterocycles. The quantitative estimate of drug-likeness (QED) is 0.866. The van der Waals surface area contributed by atoms with Crippen molar-refractivity contribution in [3.8, 4) is 0 Å². The second-order valence-electron chi connectivity index (χ2n) is 6.85. The summed E-state index contributed by atoms with van der Waals surface area (Å²) in [6.07, 6.45) is 7.28. The summed E-state index contributed by atoms with van der Waals surface area (Å²) >= 11 is 0. The average molecular weight is 312 g/mol. The van der Waals surface area contributed by atoms with Crippen LogP contribution in [0, 0.1) is 0 Å². The third-order valence-corrected chi connectivity index (χ3v) is 4.99. The lowest BCUT2D eigenvalue weighted by Gasteiger charge is -2.32. The Bertz CT molecular complexity index is 737. The van der Waals surface area contributed by atoms with Gasteiger partial charge < -0.3 is 18.9 Å².